The summed E-state index contributed by atoms with van der Waals surface area (Å²) in [6, 6.07) is 0. The zero-order valence-electron chi connectivity index (χ0n) is 9.32. The fourth-order valence-corrected chi connectivity index (χ4v) is 1.87. The topological polar surface area (TPSA) is 110 Å². The molecule has 8 nitrogen and oxygen atoms in total. The summed E-state index contributed by atoms with van der Waals surface area (Å²) in [7, 11) is 0. The number of hydrogen-bond donors (Lipinski definition) is 2. The second-order valence-corrected chi connectivity index (χ2v) is 4.30. The standard InChI is InChI=1S/C9H9N5O3S/c1-5-4-18-9(10-5)11-8(17)6-2-14(13-12-6)3-7(15)16/h2,4H,3H2,1H3,(H,15,16)(H,10,11,17). The van der Waals surface area contributed by atoms with Gasteiger partial charge in [0.05, 0.1) is 11.9 Å². The summed E-state index contributed by atoms with van der Waals surface area (Å²) >= 11 is 1.30. The van der Waals surface area contributed by atoms with Gasteiger partial charge in [0.15, 0.2) is 10.8 Å². The molecule has 0 aliphatic heterocycles. The van der Waals surface area contributed by atoms with Crippen LogP contribution in [0.3, 0.4) is 0 Å². The predicted molar refractivity (Wildman–Crippen MR) is 62.5 cm³/mol. The molecule has 1 amide bonds. The van der Waals surface area contributed by atoms with Crippen molar-refractivity contribution in [1.82, 2.24) is 20.0 Å². The van der Waals surface area contributed by atoms with Crippen molar-refractivity contribution in [1.29, 1.82) is 0 Å². The lowest BCUT2D eigenvalue weighted by Crippen LogP contribution is -2.12. The molecule has 94 valence electrons. The maximum atomic E-state index is 11.7. The predicted octanol–water partition coefficient (Wildman–Crippen LogP) is 0.380. The fourth-order valence-electron chi connectivity index (χ4n) is 1.19. The number of carbonyl (C=O) groups is 2. The van der Waals surface area contributed by atoms with Gasteiger partial charge in [-0.3, -0.25) is 14.9 Å². The van der Waals surface area contributed by atoms with Crippen LogP contribution in [0.5, 0.6) is 0 Å². The molecular formula is C9H9N5O3S. The number of aromatic nitrogens is 4. The highest BCUT2D eigenvalue weighted by Crippen LogP contribution is 2.14. The Labute approximate surface area is 105 Å². The van der Waals surface area contributed by atoms with Gasteiger partial charge in [-0.1, -0.05) is 5.21 Å². The van der Waals surface area contributed by atoms with Gasteiger partial charge in [0.25, 0.3) is 5.91 Å². The molecule has 2 rings (SSSR count). The van der Waals surface area contributed by atoms with E-state index in [0.29, 0.717) is 5.13 Å². The molecule has 0 spiro atoms. The van der Waals surface area contributed by atoms with Gasteiger partial charge < -0.3 is 5.11 Å². The molecule has 2 heterocycles. The van der Waals surface area contributed by atoms with Gasteiger partial charge in [-0.2, -0.15) is 0 Å². The van der Waals surface area contributed by atoms with Crippen molar-refractivity contribution in [2.75, 3.05) is 5.32 Å². The van der Waals surface area contributed by atoms with E-state index in [0.717, 1.165) is 10.4 Å². The van der Waals surface area contributed by atoms with Crippen LogP contribution < -0.4 is 5.32 Å². The van der Waals surface area contributed by atoms with Crippen LogP contribution in [-0.4, -0.2) is 37.0 Å². The number of carbonyl (C=O) groups excluding carboxylic acids is 1. The normalized spacial score (nSPS) is 10.3. The second kappa shape index (κ2) is 4.92. The molecule has 0 aliphatic carbocycles. The number of carboxylic acids is 1. The third-order valence-electron chi connectivity index (χ3n) is 1.91. The average Bonchev–Trinajstić information content (AvgIpc) is 2.87. The summed E-state index contributed by atoms with van der Waals surface area (Å²) in [5.74, 6) is -1.52. The first-order chi connectivity index (χ1) is 8.54. The largest absolute Gasteiger partial charge is 0.480 e. The first-order valence-corrected chi connectivity index (χ1v) is 5.78. The Morgan fingerprint density at radius 3 is 2.94 bits per heavy atom. The van der Waals surface area contributed by atoms with E-state index in [-0.39, 0.29) is 12.2 Å². The van der Waals surface area contributed by atoms with Crippen LogP contribution >= 0.6 is 11.3 Å². The number of anilines is 1. The lowest BCUT2D eigenvalue weighted by molar-refractivity contribution is -0.137. The van der Waals surface area contributed by atoms with Crippen LogP contribution in [0.4, 0.5) is 5.13 Å². The van der Waals surface area contributed by atoms with Gasteiger partial charge in [0, 0.05) is 5.38 Å². The number of nitrogens with zero attached hydrogens (tertiary/aromatic N) is 4. The molecule has 2 aromatic heterocycles. The van der Waals surface area contributed by atoms with Gasteiger partial charge in [0.1, 0.15) is 6.54 Å². The molecule has 0 fully saturated rings. The van der Waals surface area contributed by atoms with Crippen molar-refractivity contribution >= 4 is 28.3 Å². The third-order valence-corrected chi connectivity index (χ3v) is 2.78. The maximum Gasteiger partial charge on any atom is 0.325 e. The molecule has 0 radical (unpaired) electrons. The van der Waals surface area contributed by atoms with Crippen molar-refractivity contribution < 1.29 is 14.7 Å². The van der Waals surface area contributed by atoms with Crippen LogP contribution in [-0.2, 0) is 11.3 Å². The van der Waals surface area contributed by atoms with Crippen molar-refractivity contribution in [3.8, 4) is 0 Å². The summed E-state index contributed by atoms with van der Waals surface area (Å²) in [4.78, 5) is 26.2. The highest BCUT2D eigenvalue weighted by Gasteiger charge is 2.13. The minimum atomic E-state index is -1.05. The summed E-state index contributed by atoms with van der Waals surface area (Å²) < 4.78 is 1.07. The number of aliphatic carboxylic acids is 1. The number of aryl methyl sites for hydroxylation is 1. The molecule has 2 aromatic rings. The smallest absolute Gasteiger partial charge is 0.325 e. The molecule has 0 unspecified atom stereocenters. The van der Waals surface area contributed by atoms with E-state index in [4.69, 9.17) is 5.11 Å². The highest BCUT2D eigenvalue weighted by atomic mass is 32.1. The van der Waals surface area contributed by atoms with Crippen molar-refractivity contribution in [3.05, 3.63) is 23.0 Å². The summed E-state index contributed by atoms with van der Waals surface area (Å²) in [6.07, 6.45) is 1.27. The zero-order chi connectivity index (χ0) is 13.1. The first kappa shape index (κ1) is 12.2. The minimum absolute atomic E-state index is 0.0455. The highest BCUT2D eigenvalue weighted by molar-refractivity contribution is 7.13. The maximum absolute atomic E-state index is 11.7. The summed E-state index contributed by atoms with van der Waals surface area (Å²) in [6.45, 7) is 1.48. The molecule has 0 aromatic carbocycles. The van der Waals surface area contributed by atoms with Gasteiger partial charge in [-0.25, -0.2) is 9.67 Å². The van der Waals surface area contributed by atoms with Crippen LogP contribution in [0.15, 0.2) is 11.6 Å². The van der Waals surface area contributed by atoms with E-state index in [9.17, 15) is 9.59 Å². The second-order valence-electron chi connectivity index (χ2n) is 3.44. The molecular weight excluding hydrogens is 258 g/mol. The lowest BCUT2D eigenvalue weighted by Gasteiger charge is -1.96. The SMILES string of the molecule is Cc1csc(NC(=O)c2cn(CC(=O)O)nn2)n1. The van der Waals surface area contributed by atoms with Crippen LogP contribution in [0, 0.1) is 6.92 Å². The Morgan fingerprint density at radius 2 is 2.33 bits per heavy atom. The van der Waals surface area contributed by atoms with Crippen LogP contribution in [0.2, 0.25) is 0 Å². The average molecular weight is 267 g/mol. The number of carboxylic acid groups (broad SMARTS) is 1. The third kappa shape index (κ3) is 2.88. The Bertz CT molecular complexity index is 591. The molecule has 18 heavy (non-hydrogen) atoms. The number of rotatable bonds is 4. The molecule has 0 saturated carbocycles. The van der Waals surface area contributed by atoms with Crippen molar-refractivity contribution in [2.45, 2.75) is 13.5 Å². The summed E-state index contributed by atoms with van der Waals surface area (Å²) in [5.41, 5.74) is 0.855. The fraction of sp³-hybridized carbons (Fsp3) is 0.222. The lowest BCUT2D eigenvalue weighted by atomic mass is 10.4. The van der Waals surface area contributed by atoms with Gasteiger partial charge in [0.2, 0.25) is 0 Å². The Hall–Kier alpha value is -2.29. The van der Waals surface area contributed by atoms with E-state index in [2.05, 4.69) is 20.6 Å². The molecule has 9 heteroatoms. The van der Waals surface area contributed by atoms with Gasteiger partial charge in [-0.15, -0.1) is 16.4 Å². The van der Waals surface area contributed by atoms with Crippen molar-refractivity contribution in [2.24, 2.45) is 0 Å². The van der Waals surface area contributed by atoms with E-state index < -0.39 is 11.9 Å². The van der Waals surface area contributed by atoms with E-state index >= 15 is 0 Å². The Kier molecular flexibility index (Phi) is 3.33. The zero-order valence-corrected chi connectivity index (χ0v) is 10.1. The Morgan fingerprint density at radius 1 is 1.56 bits per heavy atom. The first-order valence-electron chi connectivity index (χ1n) is 4.90. The molecule has 0 aliphatic rings. The monoisotopic (exact) mass is 267 g/mol. The Balaban J connectivity index is 2.05. The van der Waals surface area contributed by atoms with E-state index in [1.807, 2.05) is 6.92 Å². The van der Waals surface area contributed by atoms with E-state index in [1.165, 1.54) is 17.5 Å². The quantitative estimate of drug-likeness (QED) is 0.828. The molecule has 0 saturated heterocycles. The van der Waals surface area contributed by atoms with Crippen molar-refractivity contribution in [3.63, 3.8) is 0 Å². The number of thiazole rings is 1. The molecule has 2 N–H and O–H groups in total. The van der Waals surface area contributed by atoms with Crippen LogP contribution in [0.25, 0.3) is 0 Å². The molecule has 0 bridgehead atoms. The van der Waals surface area contributed by atoms with E-state index in [1.54, 1.807) is 5.38 Å². The number of amides is 1. The molecule has 0 atom stereocenters. The van der Waals surface area contributed by atoms with Crippen LogP contribution in [0.1, 0.15) is 16.2 Å². The van der Waals surface area contributed by atoms with Gasteiger partial charge in [-0.05, 0) is 6.92 Å². The van der Waals surface area contributed by atoms with Gasteiger partial charge >= 0.3 is 5.97 Å². The number of hydrogen-bond acceptors (Lipinski definition) is 6. The number of nitrogens with one attached hydrogen (secondary N) is 1. The summed E-state index contributed by atoms with van der Waals surface area (Å²) in [5, 5.41) is 20.5. The minimum Gasteiger partial charge on any atom is -0.480 e.